The van der Waals surface area contributed by atoms with Crippen LogP contribution in [0.15, 0.2) is 42.5 Å². The lowest BCUT2D eigenvalue weighted by atomic mass is 10.1. The van der Waals surface area contributed by atoms with E-state index in [-0.39, 0.29) is 11.9 Å². The van der Waals surface area contributed by atoms with E-state index < -0.39 is 0 Å². The second kappa shape index (κ2) is 7.47. The van der Waals surface area contributed by atoms with E-state index in [1.54, 1.807) is 6.07 Å². The highest BCUT2D eigenvalue weighted by molar-refractivity contribution is 5.44. The molecule has 0 amide bonds. The highest BCUT2D eigenvalue weighted by atomic mass is 19.1. The molecule has 3 rings (SSSR count). The number of fused-ring (bicyclic) bond motifs is 1. The molecule has 1 aliphatic heterocycles. The van der Waals surface area contributed by atoms with E-state index in [9.17, 15) is 4.39 Å². The van der Waals surface area contributed by atoms with Crippen LogP contribution >= 0.6 is 0 Å². The summed E-state index contributed by atoms with van der Waals surface area (Å²) >= 11 is 0. The van der Waals surface area contributed by atoms with E-state index in [4.69, 9.17) is 9.47 Å². The fourth-order valence-corrected chi connectivity index (χ4v) is 2.69. The molecule has 3 nitrogen and oxygen atoms in total. The van der Waals surface area contributed by atoms with Gasteiger partial charge in [0.2, 0.25) is 0 Å². The lowest BCUT2D eigenvalue weighted by molar-refractivity contribution is 0.297. The largest absolute Gasteiger partial charge is 0.490 e. The molecule has 0 spiro atoms. The van der Waals surface area contributed by atoms with Crippen molar-refractivity contribution >= 4 is 0 Å². The van der Waals surface area contributed by atoms with E-state index in [1.165, 1.54) is 6.07 Å². The Balaban J connectivity index is 1.59. The molecule has 0 aromatic heterocycles. The van der Waals surface area contributed by atoms with E-state index in [1.807, 2.05) is 30.3 Å². The lowest BCUT2D eigenvalue weighted by Gasteiger charge is -2.16. The summed E-state index contributed by atoms with van der Waals surface area (Å²) in [6.45, 7) is 4.20. The SMILES string of the molecule is CC(NCCc1ccccc1F)c1ccc2c(c1)OCCCO2. The third-order valence-electron chi connectivity index (χ3n) is 4.07. The topological polar surface area (TPSA) is 30.5 Å². The Morgan fingerprint density at radius 1 is 1.09 bits per heavy atom. The number of benzene rings is 2. The maximum atomic E-state index is 13.6. The number of rotatable bonds is 5. The van der Waals surface area contributed by atoms with Gasteiger partial charge >= 0.3 is 0 Å². The Morgan fingerprint density at radius 2 is 1.87 bits per heavy atom. The highest BCUT2D eigenvalue weighted by Crippen LogP contribution is 2.32. The molecule has 0 saturated heterocycles. The Bertz CT molecular complexity index is 660. The number of hydrogen-bond acceptors (Lipinski definition) is 3. The van der Waals surface area contributed by atoms with Gasteiger partial charge in [0.25, 0.3) is 0 Å². The van der Waals surface area contributed by atoms with Gasteiger partial charge in [-0.15, -0.1) is 0 Å². The van der Waals surface area contributed by atoms with Gasteiger partial charge in [-0.1, -0.05) is 24.3 Å². The molecule has 1 heterocycles. The van der Waals surface area contributed by atoms with E-state index in [0.29, 0.717) is 19.6 Å². The van der Waals surface area contributed by atoms with Crippen molar-refractivity contribution in [3.05, 3.63) is 59.4 Å². The minimum Gasteiger partial charge on any atom is -0.490 e. The standard InChI is InChI=1S/C19H22FNO2/c1-14(21-10-9-15-5-2-3-6-17(15)20)16-7-8-18-19(13-16)23-12-4-11-22-18/h2-3,5-8,13-14,21H,4,9-12H2,1H3. The van der Waals surface area contributed by atoms with Crippen molar-refractivity contribution in [3.63, 3.8) is 0 Å². The summed E-state index contributed by atoms with van der Waals surface area (Å²) in [5.41, 5.74) is 1.88. The van der Waals surface area contributed by atoms with Crippen molar-refractivity contribution in [2.45, 2.75) is 25.8 Å². The quantitative estimate of drug-likeness (QED) is 0.908. The molecule has 1 N–H and O–H groups in total. The third-order valence-corrected chi connectivity index (χ3v) is 4.07. The molecule has 1 atom stereocenters. The smallest absolute Gasteiger partial charge is 0.161 e. The summed E-state index contributed by atoms with van der Waals surface area (Å²) in [5, 5.41) is 3.43. The van der Waals surface area contributed by atoms with Crippen molar-refractivity contribution in [1.82, 2.24) is 5.32 Å². The fourth-order valence-electron chi connectivity index (χ4n) is 2.69. The Kier molecular flexibility index (Phi) is 5.13. The van der Waals surface area contributed by atoms with Crippen molar-refractivity contribution < 1.29 is 13.9 Å². The molecule has 4 heteroatoms. The van der Waals surface area contributed by atoms with Crippen LogP contribution in [-0.4, -0.2) is 19.8 Å². The summed E-state index contributed by atoms with van der Waals surface area (Å²) in [6, 6.07) is 13.1. The first-order valence-electron chi connectivity index (χ1n) is 8.10. The summed E-state index contributed by atoms with van der Waals surface area (Å²) in [6.07, 6.45) is 1.57. The molecular formula is C19H22FNO2. The summed E-state index contributed by atoms with van der Waals surface area (Å²) in [7, 11) is 0. The van der Waals surface area contributed by atoms with Crippen molar-refractivity contribution in [1.29, 1.82) is 0 Å². The van der Waals surface area contributed by atoms with E-state index in [2.05, 4.69) is 12.2 Å². The van der Waals surface area contributed by atoms with E-state index >= 15 is 0 Å². The highest BCUT2D eigenvalue weighted by Gasteiger charge is 2.13. The molecule has 1 aliphatic rings. The van der Waals surface area contributed by atoms with Crippen molar-refractivity contribution in [3.8, 4) is 11.5 Å². The summed E-state index contributed by atoms with van der Waals surface area (Å²) < 4.78 is 25.0. The molecule has 0 aliphatic carbocycles. The second-order valence-corrected chi connectivity index (χ2v) is 5.77. The predicted octanol–water partition coefficient (Wildman–Crippen LogP) is 3.88. The zero-order chi connectivity index (χ0) is 16.1. The average molecular weight is 315 g/mol. The van der Waals surface area contributed by atoms with Crippen LogP contribution in [0.3, 0.4) is 0 Å². The first kappa shape index (κ1) is 15.8. The molecule has 0 fully saturated rings. The first-order chi connectivity index (χ1) is 11.2. The van der Waals surface area contributed by atoms with Gasteiger partial charge in [0.05, 0.1) is 13.2 Å². The van der Waals surface area contributed by atoms with Crippen molar-refractivity contribution in [2.24, 2.45) is 0 Å². The van der Waals surface area contributed by atoms with Gasteiger partial charge in [0.15, 0.2) is 11.5 Å². The molecule has 0 saturated carbocycles. The zero-order valence-electron chi connectivity index (χ0n) is 13.3. The number of nitrogens with one attached hydrogen (secondary N) is 1. The minimum absolute atomic E-state index is 0.141. The van der Waals surface area contributed by atoms with Crippen molar-refractivity contribution in [2.75, 3.05) is 19.8 Å². The van der Waals surface area contributed by atoms with Crippen LogP contribution in [0.1, 0.15) is 30.5 Å². The van der Waals surface area contributed by atoms with Crippen LogP contribution in [0.25, 0.3) is 0 Å². The van der Waals surface area contributed by atoms with Crippen LogP contribution in [0.5, 0.6) is 11.5 Å². The van der Waals surface area contributed by atoms with Crippen LogP contribution in [0.2, 0.25) is 0 Å². The van der Waals surface area contributed by atoms with Crippen LogP contribution in [0, 0.1) is 5.82 Å². The fraction of sp³-hybridized carbons (Fsp3) is 0.368. The Morgan fingerprint density at radius 3 is 2.70 bits per heavy atom. The molecule has 122 valence electrons. The second-order valence-electron chi connectivity index (χ2n) is 5.77. The number of ether oxygens (including phenoxy) is 2. The minimum atomic E-state index is -0.141. The molecule has 0 radical (unpaired) electrons. The molecule has 23 heavy (non-hydrogen) atoms. The molecule has 2 aromatic carbocycles. The van der Waals surface area contributed by atoms with Gasteiger partial charge < -0.3 is 14.8 Å². The van der Waals surface area contributed by atoms with Crippen LogP contribution < -0.4 is 14.8 Å². The zero-order valence-corrected chi connectivity index (χ0v) is 13.3. The molecule has 0 bridgehead atoms. The van der Waals surface area contributed by atoms with Gasteiger partial charge in [-0.05, 0) is 49.2 Å². The van der Waals surface area contributed by atoms with E-state index in [0.717, 1.165) is 35.6 Å². The summed E-state index contributed by atoms with van der Waals surface area (Å²) in [5.74, 6) is 1.48. The first-order valence-corrected chi connectivity index (χ1v) is 8.10. The van der Waals surface area contributed by atoms with Crippen LogP contribution in [0.4, 0.5) is 4.39 Å². The van der Waals surface area contributed by atoms with Gasteiger partial charge in [-0.2, -0.15) is 0 Å². The summed E-state index contributed by atoms with van der Waals surface area (Å²) in [4.78, 5) is 0. The molecule has 1 unspecified atom stereocenters. The molecular weight excluding hydrogens is 293 g/mol. The molecule has 2 aromatic rings. The average Bonchev–Trinajstić information content (AvgIpc) is 2.81. The number of halogens is 1. The monoisotopic (exact) mass is 315 g/mol. The van der Waals surface area contributed by atoms with Gasteiger partial charge in [0.1, 0.15) is 5.82 Å². The predicted molar refractivity (Wildman–Crippen MR) is 88.6 cm³/mol. The van der Waals surface area contributed by atoms with Crippen LogP contribution in [-0.2, 0) is 6.42 Å². The Labute approximate surface area is 136 Å². The maximum Gasteiger partial charge on any atom is 0.161 e. The number of hydrogen-bond donors (Lipinski definition) is 1. The van der Waals surface area contributed by atoms with Gasteiger partial charge in [-0.3, -0.25) is 0 Å². The maximum absolute atomic E-state index is 13.6. The Hall–Kier alpha value is -2.07. The van der Waals surface area contributed by atoms with Gasteiger partial charge in [0, 0.05) is 12.5 Å². The van der Waals surface area contributed by atoms with Gasteiger partial charge in [-0.25, -0.2) is 4.39 Å². The third kappa shape index (κ3) is 4.02. The normalized spacial score (nSPS) is 15.0. The lowest BCUT2D eigenvalue weighted by Crippen LogP contribution is -2.21.